The quantitative estimate of drug-likeness (QED) is 0.569. The number of allylic oxidation sites excluding steroid dienone is 1. The molecule has 0 spiro atoms. The summed E-state index contributed by atoms with van der Waals surface area (Å²) in [5, 5.41) is 0. The van der Waals surface area contributed by atoms with Gasteiger partial charge >= 0.3 is 5.97 Å². The molecule has 0 N–H and O–H groups in total. The Morgan fingerprint density at radius 1 is 1.26 bits per heavy atom. The predicted octanol–water partition coefficient (Wildman–Crippen LogP) is 3.20. The number of hydrogen-bond acceptors (Lipinski definition) is 5. The lowest BCUT2D eigenvalue weighted by atomic mass is 9.95. The van der Waals surface area contributed by atoms with Crippen molar-refractivity contribution in [2.75, 3.05) is 24.7 Å². The molecule has 0 saturated carbocycles. The summed E-state index contributed by atoms with van der Waals surface area (Å²) in [6.45, 7) is 4.35. The third-order valence-electron chi connectivity index (χ3n) is 4.58. The highest BCUT2D eigenvalue weighted by atomic mass is 32.2. The van der Waals surface area contributed by atoms with Crippen molar-refractivity contribution in [3.8, 4) is 0 Å². The molecular weight excluding hydrogens is 366 g/mol. The van der Waals surface area contributed by atoms with E-state index in [1.54, 1.807) is 25.0 Å². The van der Waals surface area contributed by atoms with E-state index in [9.17, 15) is 13.8 Å². The fraction of sp³-hybridized carbons (Fsp3) is 0.600. The average molecular weight is 396 g/mol. The number of nitrogens with zero attached hydrogens (tertiary/aromatic N) is 1. The molecule has 1 amide bonds. The topological polar surface area (TPSA) is 76.8 Å². The molecule has 1 aromatic heterocycles. The fourth-order valence-electron chi connectivity index (χ4n) is 3.22. The summed E-state index contributed by atoms with van der Waals surface area (Å²) in [5.41, 5.74) is 1.34. The van der Waals surface area contributed by atoms with Crippen molar-refractivity contribution in [2.24, 2.45) is 0 Å². The minimum absolute atomic E-state index is 0.0170. The van der Waals surface area contributed by atoms with Crippen molar-refractivity contribution >= 4 is 22.7 Å². The van der Waals surface area contributed by atoms with Crippen LogP contribution in [0, 0.1) is 0 Å². The van der Waals surface area contributed by atoms with Crippen LogP contribution in [0.2, 0.25) is 0 Å². The lowest BCUT2D eigenvalue weighted by Gasteiger charge is -2.30. The van der Waals surface area contributed by atoms with Crippen LogP contribution in [0.5, 0.6) is 0 Å². The van der Waals surface area contributed by atoms with E-state index in [-0.39, 0.29) is 17.6 Å². The molecule has 1 aromatic rings. The number of esters is 1. The zero-order valence-corrected chi connectivity index (χ0v) is 17.0. The second-order valence-corrected chi connectivity index (χ2v) is 8.20. The van der Waals surface area contributed by atoms with E-state index in [2.05, 4.69) is 0 Å². The van der Waals surface area contributed by atoms with Crippen LogP contribution in [0.3, 0.4) is 0 Å². The summed E-state index contributed by atoms with van der Waals surface area (Å²) in [5.74, 6) is 0.760. The first kappa shape index (κ1) is 21.4. The van der Waals surface area contributed by atoms with E-state index < -0.39 is 10.8 Å². The minimum Gasteiger partial charge on any atom is -0.469 e. The molecule has 1 heterocycles. The van der Waals surface area contributed by atoms with E-state index >= 15 is 0 Å². The molecule has 27 heavy (non-hydrogen) atoms. The van der Waals surface area contributed by atoms with Gasteiger partial charge in [-0.25, -0.2) is 4.79 Å². The van der Waals surface area contributed by atoms with E-state index in [0.29, 0.717) is 50.2 Å². The van der Waals surface area contributed by atoms with Gasteiger partial charge in [-0.3, -0.25) is 9.00 Å². The highest BCUT2D eigenvalue weighted by molar-refractivity contribution is 7.85. The van der Waals surface area contributed by atoms with Crippen molar-refractivity contribution in [1.82, 2.24) is 4.90 Å². The lowest BCUT2D eigenvalue weighted by Crippen LogP contribution is -2.37. The third kappa shape index (κ3) is 6.34. The van der Waals surface area contributed by atoms with Gasteiger partial charge in [0.2, 0.25) is 5.91 Å². The Bertz CT molecular complexity index is 681. The maximum atomic E-state index is 12.9. The molecule has 1 unspecified atom stereocenters. The summed E-state index contributed by atoms with van der Waals surface area (Å²) >= 11 is 0. The summed E-state index contributed by atoms with van der Waals surface area (Å²) in [6, 6.07) is 3.74. The number of rotatable bonds is 10. The van der Waals surface area contributed by atoms with Crippen molar-refractivity contribution in [3.63, 3.8) is 0 Å². The van der Waals surface area contributed by atoms with Crippen molar-refractivity contribution in [1.29, 1.82) is 0 Å². The second kappa shape index (κ2) is 11.1. The molecule has 0 bridgehead atoms. The fourth-order valence-corrected chi connectivity index (χ4v) is 3.85. The van der Waals surface area contributed by atoms with Gasteiger partial charge in [0.25, 0.3) is 0 Å². The van der Waals surface area contributed by atoms with Gasteiger partial charge in [0.05, 0.1) is 18.4 Å². The Labute approximate surface area is 163 Å². The van der Waals surface area contributed by atoms with Crippen LogP contribution in [0.1, 0.15) is 51.7 Å². The summed E-state index contributed by atoms with van der Waals surface area (Å²) in [7, 11) is -1.19. The molecule has 1 aliphatic rings. The molecule has 0 aromatic carbocycles. The lowest BCUT2D eigenvalue weighted by molar-refractivity contribution is -0.139. The van der Waals surface area contributed by atoms with Crippen LogP contribution in [-0.4, -0.2) is 45.6 Å². The highest BCUT2D eigenvalue weighted by Crippen LogP contribution is 2.29. The Hall–Kier alpha value is -1.89. The highest BCUT2D eigenvalue weighted by Gasteiger charge is 2.28. The molecule has 6 nitrogen and oxygen atoms in total. The van der Waals surface area contributed by atoms with Gasteiger partial charge in [-0.2, -0.15) is 0 Å². The van der Waals surface area contributed by atoms with Crippen molar-refractivity contribution in [3.05, 3.63) is 35.4 Å². The number of aryl methyl sites for hydroxylation is 1. The predicted molar refractivity (Wildman–Crippen MR) is 104 cm³/mol. The molecular formula is C20H29NO5S. The van der Waals surface area contributed by atoms with Gasteiger partial charge < -0.3 is 14.1 Å². The number of ether oxygens (including phenoxy) is 1. The van der Waals surface area contributed by atoms with Crippen LogP contribution < -0.4 is 0 Å². The molecule has 0 saturated heterocycles. The van der Waals surface area contributed by atoms with Gasteiger partial charge in [0.15, 0.2) is 0 Å². The molecule has 0 fully saturated rings. The first-order valence-corrected chi connectivity index (χ1v) is 11.1. The van der Waals surface area contributed by atoms with Crippen LogP contribution >= 0.6 is 0 Å². The molecule has 150 valence electrons. The zero-order valence-electron chi connectivity index (χ0n) is 16.2. The molecule has 2 rings (SSSR count). The number of hydrogen-bond donors (Lipinski definition) is 0. The van der Waals surface area contributed by atoms with Crippen LogP contribution in [0.15, 0.2) is 34.1 Å². The van der Waals surface area contributed by atoms with Crippen LogP contribution in [-0.2, 0) is 31.5 Å². The van der Waals surface area contributed by atoms with Crippen molar-refractivity contribution < 1.29 is 23.0 Å². The Morgan fingerprint density at radius 3 is 2.70 bits per heavy atom. The second-order valence-electron chi connectivity index (χ2n) is 6.45. The molecule has 7 heteroatoms. The minimum atomic E-state index is -1.19. The first-order valence-electron chi connectivity index (χ1n) is 9.63. The Kier molecular flexibility index (Phi) is 8.78. The summed E-state index contributed by atoms with van der Waals surface area (Å²) in [6.07, 6.45) is 6.16. The normalized spacial score (nSPS) is 15.5. The van der Waals surface area contributed by atoms with Crippen LogP contribution in [0.25, 0.3) is 0 Å². The van der Waals surface area contributed by atoms with E-state index in [1.165, 1.54) is 0 Å². The molecule has 1 aliphatic carbocycles. The zero-order chi connectivity index (χ0) is 19.6. The van der Waals surface area contributed by atoms with Gasteiger partial charge in [-0.05, 0) is 51.2 Å². The molecule has 0 radical (unpaired) electrons. The standard InChI is InChI=1S/C20H29NO5S/c1-3-25-20(23)17-11-5-6-12-18(17)21(19(22)15-27(24)4-2)13-7-9-16-10-8-14-26-16/h8,10,14H,3-7,9,11-13,15H2,1-2H3. The maximum Gasteiger partial charge on any atom is 0.335 e. The molecule has 0 aliphatic heterocycles. The van der Waals surface area contributed by atoms with Gasteiger partial charge in [-0.15, -0.1) is 0 Å². The van der Waals surface area contributed by atoms with Crippen molar-refractivity contribution in [2.45, 2.75) is 52.4 Å². The average Bonchev–Trinajstić information content (AvgIpc) is 3.18. The van der Waals surface area contributed by atoms with Gasteiger partial charge in [0, 0.05) is 35.2 Å². The first-order chi connectivity index (χ1) is 13.1. The maximum absolute atomic E-state index is 12.9. The SMILES string of the molecule is CCOC(=O)C1=C(N(CCCc2ccco2)C(=O)CS(=O)CC)CCCC1. The van der Waals surface area contributed by atoms with E-state index in [1.807, 2.05) is 12.1 Å². The largest absolute Gasteiger partial charge is 0.469 e. The van der Waals surface area contributed by atoms with Gasteiger partial charge in [0.1, 0.15) is 11.5 Å². The number of carbonyl (C=O) groups excluding carboxylic acids is 2. The molecule has 1 atom stereocenters. The number of furan rings is 1. The third-order valence-corrected chi connectivity index (χ3v) is 5.79. The Balaban J connectivity index is 2.20. The summed E-state index contributed by atoms with van der Waals surface area (Å²) in [4.78, 5) is 26.9. The van der Waals surface area contributed by atoms with Crippen LogP contribution in [0.4, 0.5) is 0 Å². The number of amides is 1. The van der Waals surface area contributed by atoms with Gasteiger partial charge in [-0.1, -0.05) is 6.92 Å². The smallest absolute Gasteiger partial charge is 0.335 e. The number of carbonyl (C=O) groups is 2. The summed E-state index contributed by atoms with van der Waals surface area (Å²) < 4.78 is 22.5. The van der Waals surface area contributed by atoms with E-state index in [4.69, 9.17) is 9.15 Å². The van der Waals surface area contributed by atoms with E-state index in [0.717, 1.165) is 24.3 Å². The Morgan fingerprint density at radius 2 is 2.04 bits per heavy atom. The monoisotopic (exact) mass is 395 g/mol.